The van der Waals surface area contributed by atoms with Crippen molar-refractivity contribution in [1.29, 1.82) is 0 Å². The molecule has 0 spiro atoms. The normalized spacial score (nSPS) is 19.3. The highest BCUT2D eigenvalue weighted by molar-refractivity contribution is 5.79. The van der Waals surface area contributed by atoms with Crippen LogP contribution in [0.2, 0.25) is 0 Å². The van der Waals surface area contributed by atoms with Crippen LogP contribution in [0.1, 0.15) is 37.2 Å². The first kappa shape index (κ1) is 11.0. The van der Waals surface area contributed by atoms with E-state index in [4.69, 9.17) is 0 Å². The second-order valence-corrected chi connectivity index (χ2v) is 5.46. The fraction of sp³-hybridized carbons (Fsp3) is 0.500. The summed E-state index contributed by atoms with van der Waals surface area (Å²) in [5, 5.41) is 0.688. The van der Waals surface area contributed by atoms with Crippen LogP contribution in [0.4, 0.5) is 5.95 Å². The highest BCUT2D eigenvalue weighted by atomic mass is 16.1. The van der Waals surface area contributed by atoms with E-state index in [1.807, 2.05) is 6.07 Å². The first-order chi connectivity index (χ1) is 9.33. The number of nitrogens with one attached hydrogen (secondary N) is 1. The summed E-state index contributed by atoms with van der Waals surface area (Å²) in [6.45, 7) is 1.94. The molecule has 5 nitrogen and oxygen atoms in total. The Labute approximate surface area is 110 Å². The van der Waals surface area contributed by atoms with Gasteiger partial charge in [0.2, 0.25) is 5.95 Å². The number of nitrogens with zero attached hydrogens (tertiary/aromatic N) is 3. The molecule has 0 bridgehead atoms. The minimum absolute atomic E-state index is 0.0399. The highest BCUT2D eigenvalue weighted by Gasteiger charge is 2.27. The van der Waals surface area contributed by atoms with E-state index in [0.717, 1.165) is 31.5 Å². The zero-order valence-corrected chi connectivity index (χ0v) is 10.7. The van der Waals surface area contributed by atoms with Crippen molar-refractivity contribution in [3.63, 3.8) is 0 Å². The van der Waals surface area contributed by atoms with Gasteiger partial charge in [-0.05, 0) is 43.2 Å². The molecule has 3 heterocycles. The number of H-pyrrole nitrogens is 1. The first-order valence-corrected chi connectivity index (χ1v) is 6.97. The average molecular weight is 256 g/mol. The summed E-state index contributed by atoms with van der Waals surface area (Å²) in [6.07, 6.45) is 6.45. The lowest BCUT2D eigenvalue weighted by molar-refractivity contribution is 0.896. The molecule has 1 aliphatic carbocycles. The molecular weight excluding hydrogens is 240 g/mol. The number of pyridine rings is 1. The molecule has 98 valence electrons. The molecule has 4 rings (SSSR count). The van der Waals surface area contributed by atoms with Crippen molar-refractivity contribution in [2.45, 2.75) is 31.6 Å². The molecule has 0 atom stereocenters. The van der Waals surface area contributed by atoms with E-state index in [1.54, 1.807) is 6.20 Å². The average Bonchev–Trinajstić information content (AvgIpc) is 3.12. The van der Waals surface area contributed by atoms with Gasteiger partial charge in [0.05, 0.1) is 5.39 Å². The van der Waals surface area contributed by atoms with Gasteiger partial charge in [0.1, 0.15) is 0 Å². The molecule has 2 aliphatic rings. The first-order valence-electron chi connectivity index (χ1n) is 6.97. The van der Waals surface area contributed by atoms with Gasteiger partial charge < -0.3 is 4.90 Å². The van der Waals surface area contributed by atoms with Crippen molar-refractivity contribution in [2.24, 2.45) is 0 Å². The quantitative estimate of drug-likeness (QED) is 0.890. The van der Waals surface area contributed by atoms with Gasteiger partial charge in [0.25, 0.3) is 5.56 Å². The minimum Gasteiger partial charge on any atom is -0.342 e. The fourth-order valence-electron chi connectivity index (χ4n) is 2.89. The Morgan fingerprint density at radius 3 is 2.79 bits per heavy atom. The summed E-state index contributed by atoms with van der Waals surface area (Å²) < 4.78 is 0. The Morgan fingerprint density at radius 1 is 1.26 bits per heavy atom. The smallest absolute Gasteiger partial charge is 0.262 e. The Hall–Kier alpha value is -1.91. The zero-order chi connectivity index (χ0) is 12.8. The fourth-order valence-corrected chi connectivity index (χ4v) is 2.89. The molecule has 0 unspecified atom stereocenters. The summed E-state index contributed by atoms with van der Waals surface area (Å²) in [6, 6.07) is 1.96. The molecule has 19 heavy (non-hydrogen) atoms. The minimum atomic E-state index is -0.0399. The van der Waals surface area contributed by atoms with Crippen molar-refractivity contribution in [1.82, 2.24) is 15.0 Å². The third-order valence-electron chi connectivity index (χ3n) is 4.05. The third kappa shape index (κ3) is 1.80. The number of rotatable bonds is 2. The molecule has 1 saturated heterocycles. The topological polar surface area (TPSA) is 61.9 Å². The maximum atomic E-state index is 12.3. The highest BCUT2D eigenvalue weighted by Crippen LogP contribution is 2.41. The second kappa shape index (κ2) is 4.05. The Morgan fingerprint density at radius 2 is 2.05 bits per heavy atom. The van der Waals surface area contributed by atoms with Crippen molar-refractivity contribution >= 4 is 17.0 Å². The zero-order valence-electron chi connectivity index (χ0n) is 10.7. The van der Waals surface area contributed by atoms with Gasteiger partial charge in [0, 0.05) is 19.3 Å². The third-order valence-corrected chi connectivity index (χ3v) is 4.05. The molecule has 5 heteroatoms. The van der Waals surface area contributed by atoms with Crippen molar-refractivity contribution in [3.05, 3.63) is 28.2 Å². The van der Waals surface area contributed by atoms with Crippen LogP contribution < -0.4 is 10.5 Å². The van der Waals surface area contributed by atoms with E-state index in [-0.39, 0.29) is 5.56 Å². The molecule has 0 amide bonds. The van der Waals surface area contributed by atoms with Gasteiger partial charge in [-0.15, -0.1) is 0 Å². The number of aromatic nitrogens is 3. The van der Waals surface area contributed by atoms with Crippen LogP contribution in [0.3, 0.4) is 0 Å². The lowest BCUT2D eigenvalue weighted by Gasteiger charge is -2.15. The standard InChI is InChI=1S/C14H16N4O/c19-13-11-10(9-3-4-9)5-6-15-12(11)16-14(17-13)18-7-1-2-8-18/h5-6,9H,1-4,7-8H2,(H,15,16,17,19). The van der Waals surface area contributed by atoms with Crippen LogP contribution >= 0.6 is 0 Å². The summed E-state index contributed by atoms with van der Waals surface area (Å²) in [4.78, 5) is 26.2. The SMILES string of the molecule is O=c1[nH]c(N2CCCC2)nc2nccc(C3CC3)c12. The number of hydrogen-bond donors (Lipinski definition) is 1. The molecule has 1 aliphatic heterocycles. The predicted octanol–water partition coefficient (Wildman–Crippen LogP) is 1.80. The molecule has 2 aromatic rings. The van der Waals surface area contributed by atoms with Crippen LogP contribution in [0.15, 0.2) is 17.1 Å². The molecular formula is C14H16N4O. The largest absolute Gasteiger partial charge is 0.342 e. The molecule has 1 N–H and O–H groups in total. The summed E-state index contributed by atoms with van der Waals surface area (Å²) in [7, 11) is 0. The van der Waals surface area contributed by atoms with Gasteiger partial charge >= 0.3 is 0 Å². The second-order valence-electron chi connectivity index (χ2n) is 5.46. The van der Waals surface area contributed by atoms with E-state index in [9.17, 15) is 4.79 Å². The van der Waals surface area contributed by atoms with Gasteiger partial charge in [-0.1, -0.05) is 0 Å². The summed E-state index contributed by atoms with van der Waals surface area (Å²) >= 11 is 0. The lowest BCUT2D eigenvalue weighted by atomic mass is 10.1. The van der Waals surface area contributed by atoms with Gasteiger partial charge in [-0.2, -0.15) is 4.98 Å². The maximum Gasteiger partial charge on any atom is 0.262 e. The van der Waals surface area contributed by atoms with Crippen LogP contribution in [0.5, 0.6) is 0 Å². The van der Waals surface area contributed by atoms with Crippen molar-refractivity contribution < 1.29 is 0 Å². The molecule has 1 saturated carbocycles. The van der Waals surface area contributed by atoms with Gasteiger partial charge in [-0.3, -0.25) is 9.78 Å². The number of aromatic amines is 1. The van der Waals surface area contributed by atoms with E-state index < -0.39 is 0 Å². The molecule has 2 fully saturated rings. The Kier molecular flexibility index (Phi) is 2.33. The van der Waals surface area contributed by atoms with Crippen molar-refractivity contribution in [3.8, 4) is 0 Å². The maximum absolute atomic E-state index is 12.3. The van der Waals surface area contributed by atoms with Crippen LogP contribution in [0, 0.1) is 0 Å². The summed E-state index contributed by atoms with van der Waals surface area (Å²) in [5.41, 5.74) is 1.67. The molecule has 0 aromatic carbocycles. The van der Waals surface area contributed by atoms with E-state index >= 15 is 0 Å². The van der Waals surface area contributed by atoms with E-state index in [2.05, 4.69) is 19.9 Å². The lowest BCUT2D eigenvalue weighted by Crippen LogP contribution is -2.24. The van der Waals surface area contributed by atoms with Crippen LogP contribution in [-0.4, -0.2) is 28.0 Å². The number of anilines is 1. The molecule has 0 radical (unpaired) electrons. The van der Waals surface area contributed by atoms with Gasteiger partial charge in [-0.25, -0.2) is 4.98 Å². The van der Waals surface area contributed by atoms with E-state index in [0.29, 0.717) is 22.9 Å². The van der Waals surface area contributed by atoms with Crippen molar-refractivity contribution in [2.75, 3.05) is 18.0 Å². The Bertz CT molecular complexity index is 683. The summed E-state index contributed by atoms with van der Waals surface area (Å²) in [5.74, 6) is 1.21. The monoisotopic (exact) mass is 256 g/mol. The van der Waals surface area contributed by atoms with Crippen LogP contribution in [0.25, 0.3) is 11.0 Å². The Balaban J connectivity index is 1.90. The van der Waals surface area contributed by atoms with E-state index in [1.165, 1.54) is 12.8 Å². The predicted molar refractivity (Wildman–Crippen MR) is 73.6 cm³/mol. The van der Waals surface area contributed by atoms with Crippen LogP contribution in [-0.2, 0) is 0 Å². The molecule has 2 aromatic heterocycles. The van der Waals surface area contributed by atoms with Gasteiger partial charge in [0.15, 0.2) is 5.65 Å². The number of fused-ring (bicyclic) bond motifs is 1. The number of hydrogen-bond acceptors (Lipinski definition) is 4.